The molecule has 0 unspecified atom stereocenters. The largest absolute Gasteiger partial charge is 0.462 e. The van der Waals surface area contributed by atoms with Gasteiger partial charge in [-0.2, -0.15) is 0 Å². The van der Waals surface area contributed by atoms with Crippen molar-refractivity contribution in [3.8, 4) is 5.69 Å². The zero-order chi connectivity index (χ0) is 27.6. The molecule has 2 heterocycles. The number of aromatic nitrogens is 1. The number of ether oxygens (including phenoxy) is 1. The number of hydrogen-bond acceptors (Lipinski definition) is 6. The first-order valence-electron chi connectivity index (χ1n) is 12.2. The maximum Gasteiger partial charge on any atom is 0.338 e. The number of benzene rings is 2. The van der Waals surface area contributed by atoms with Gasteiger partial charge >= 0.3 is 5.97 Å². The van der Waals surface area contributed by atoms with Gasteiger partial charge in [-0.25, -0.2) is 4.79 Å². The summed E-state index contributed by atoms with van der Waals surface area (Å²) in [5.41, 5.74) is 6.32. The number of amides is 3. The first kappa shape index (κ1) is 26.9. The molecule has 0 aliphatic carbocycles. The number of hydrogen-bond donors (Lipinski definition) is 1. The predicted molar refractivity (Wildman–Crippen MR) is 148 cm³/mol. The first-order valence-corrected chi connectivity index (χ1v) is 13.0. The second-order valence-corrected chi connectivity index (χ2v) is 10.1. The lowest BCUT2D eigenvalue weighted by atomic mass is 10.1. The van der Waals surface area contributed by atoms with Gasteiger partial charge in [0.25, 0.3) is 11.1 Å². The number of anilines is 1. The van der Waals surface area contributed by atoms with Crippen LogP contribution in [0.3, 0.4) is 0 Å². The smallest absolute Gasteiger partial charge is 0.338 e. The van der Waals surface area contributed by atoms with Gasteiger partial charge < -0.3 is 14.6 Å². The van der Waals surface area contributed by atoms with Gasteiger partial charge in [0.2, 0.25) is 5.91 Å². The van der Waals surface area contributed by atoms with Gasteiger partial charge in [0, 0.05) is 22.8 Å². The second-order valence-electron chi connectivity index (χ2n) is 9.07. The van der Waals surface area contributed by atoms with E-state index in [4.69, 9.17) is 4.74 Å². The van der Waals surface area contributed by atoms with Gasteiger partial charge in [-0.1, -0.05) is 23.8 Å². The Kier molecular flexibility index (Phi) is 7.87. The van der Waals surface area contributed by atoms with E-state index in [1.54, 1.807) is 37.3 Å². The van der Waals surface area contributed by atoms with Gasteiger partial charge in [0.05, 0.1) is 17.1 Å². The minimum Gasteiger partial charge on any atom is -0.462 e. The zero-order valence-electron chi connectivity index (χ0n) is 22.0. The number of thioether (sulfide) groups is 1. The third-order valence-electron chi connectivity index (χ3n) is 6.20. The lowest BCUT2D eigenvalue weighted by Gasteiger charge is -2.14. The second kappa shape index (κ2) is 11.1. The van der Waals surface area contributed by atoms with E-state index in [1.807, 2.05) is 56.5 Å². The summed E-state index contributed by atoms with van der Waals surface area (Å²) in [6.45, 7) is 9.35. The van der Waals surface area contributed by atoms with Gasteiger partial charge in [-0.05, 0) is 93.9 Å². The number of nitrogens with one attached hydrogen (secondary N) is 1. The minimum atomic E-state index is -0.509. The van der Waals surface area contributed by atoms with Crippen molar-refractivity contribution in [3.05, 3.63) is 87.1 Å². The molecule has 1 aliphatic heterocycles. The number of nitrogens with zero attached hydrogens (tertiary/aromatic N) is 2. The molecule has 0 bridgehead atoms. The van der Waals surface area contributed by atoms with Gasteiger partial charge in [0.15, 0.2) is 0 Å². The summed E-state index contributed by atoms with van der Waals surface area (Å²) in [5.74, 6) is -1.35. The summed E-state index contributed by atoms with van der Waals surface area (Å²) >= 11 is 0.810. The first-order chi connectivity index (χ1) is 18.1. The highest BCUT2D eigenvalue weighted by Gasteiger charge is 2.36. The number of esters is 1. The summed E-state index contributed by atoms with van der Waals surface area (Å²) in [7, 11) is 0. The van der Waals surface area contributed by atoms with Gasteiger partial charge in [-0.15, -0.1) is 0 Å². The molecule has 1 N–H and O–H groups in total. The van der Waals surface area contributed by atoms with Crippen LogP contribution < -0.4 is 5.32 Å². The van der Waals surface area contributed by atoms with Crippen LogP contribution in [0.15, 0.2) is 53.4 Å². The van der Waals surface area contributed by atoms with Crippen LogP contribution in [0, 0.1) is 27.7 Å². The molecule has 0 spiro atoms. The van der Waals surface area contributed by atoms with Crippen molar-refractivity contribution in [1.29, 1.82) is 0 Å². The topological polar surface area (TPSA) is 97.7 Å². The van der Waals surface area contributed by atoms with E-state index < -0.39 is 23.0 Å². The number of rotatable bonds is 7. The normalized spacial score (nSPS) is 14.3. The Bertz CT molecular complexity index is 1490. The predicted octanol–water partition coefficient (Wildman–Crippen LogP) is 5.56. The van der Waals surface area contributed by atoms with Crippen LogP contribution in [0.25, 0.3) is 11.8 Å². The van der Waals surface area contributed by atoms with Crippen LogP contribution in [0.4, 0.5) is 10.5 Å². The summed E-state index contributed by atoms with van der Waals surface area (Å²) < 4.78 is 7.08. The van der Waals surface area contributed by atoms with E-state index in [2.05, 4.69) is 5.32 Å². The molecule has 1 aliphatic rings. The third kappa shape index (κ3) is 5.57. The molecule has 9 heteroatoms. The Morgan fingerprint density at radius 2 is 1.79 bits per heavy atom. The summed E-state index contributed by atoms with van der Waals surface area (Å²) in [5, 5.41) is 2.29. The van der Waals surface area contributed by atoms with Crippen LogP contribution in [0.1, 0.15) is 45.4 Å². The average Bonchev–Trinajstić information content (AvgIpc) is 3.29. The Morgan fingerprint density at radius 3 is 2.50 bits per heavy atom. The van der Waals surface area contributed by atoms with E-state index in [1.165, 1.54) is 0 Å². The van der Waals surface area contributed by atoms with Crippen molar-refractivity contribution in [3.63, 3.8) is 0 Å². The van der Waals surface area contributed by atoms with Crippen molar-refractivity contribution in [2.45, 2.75) is 34.6 Å². The quantitative estimate of drug-likeness (QED) is 0.317. The summed E-state index contributed by atoms with van der Waals surface area (Å²) in [6.07, 6.45) is 1.67. The summed E-state index contributed by atoms with van der Waals surface area (Å²) in [4.78, 5) is 51.7. The number of imide groups is 1. The molecule has 0 radical (unpaired) electrons. The van der Waals surface area contributed by atoms with Crippen LogP contribution in [-0.2, 0) is 14.3 Å². The molecule has 3 amide bonds. The highest BCUT2D eigenvalue weighted by molar-refractivity contribution is 8.18. The molecule has 8 nitrogen and oxygen atoms in total. The van der Waals surface area contributed by atoms with E-state index in [9.17, 15) is 19.2 Å². The van der Waals surface area contributed by atoms with Crippen LogP contribution in [0.2, 0.25) is 0 Å². The molecule has 0 atom stereocenters. The fraction of sp³-hybridized carbons (Fsp3) is 0.241. The maximum absolute atomic E-state index is 13.1. The fourth-order valence-electron chi connectivity index (χ4n) is 4.38. The SMILES string of the molecule is CCOC(=O)c1cccc(-n2c(C)cc(/C=C3\SC(=O)N(CC(=O)Nc4ccc(C)cc4C)C3=O)c2C)c1. The Hall–Kier alpha value is -4.11. The van der Waals surface area contributed by atoms with Crippen molar-refractivity contribution in [2.75, 3.05) is 18.5 Å². The molecular formula is C29H29N3O5S. The van der Waals surface area contributed by atoms with Gasteiger partial charge in [0.1, 0.15) is 6.54 Å². The number of aryl methyl sites for hydroxylation is 3. The van der Waals surface area contributed by atoms with Gasteiger partial charge in [-0.3, -0.25) is 19.3 Å². The Morgan fingerprint density at radius 1 is 1.03 bits per heavy atom. The monoisotopic (exact) mass is 531 g/mol. The third-order valence-corrected chi connectivity index (χ3v) is 7.11. The minimum absolute atomic E-state index is 0.245. The van der Waals surface area contributed by atoms with Crippen LogP contribution in [-0.4, -0.2) is 45.6 Å². The van der Waals surface area contributed by atoms with E-state index in [0.717, 1.165) is 50.4 Å². The fourth-order valence-corrected chi connectivity index (χ4v) is 5.21. The van der Waals surface area contributed by atoms with E-state index in [0.29, 0.717) is 11.3 Å². The number of carbonyl (C=O) groups excluding carboxylic acids is 4. The standard InChI is InChI=1S/C29H29N3O5S/c1-6-37-28(35)21-8-7-9-23(14-21)32-19(4)13-22(20(32)5)15-25-27(34)31(29(36)38-25)16-26(33)30-24-11-10-17(2)12-18(24)3/h7-15H,6,16H2,1-5H3,(H,30,33)/b25-15-. The maximum atomic E-state index is 13.1. The molecule has 4 rings (SSSR count). The molecule has 3 aromatic rings. The summed E-state index contributed by atoms with van der Waals surface area (Å²) in [6, 6.07) is 14.7. The zero-order valence-corrected chi connectivity index (χ0v) is 22.8. The molecule has 1 fully saturated rings. The molecule has 0 saturated carbocycles. The van der Waals surface area contributed by atoms with Crippen molar-refractivity contribution in [1.82, 2.24) is 9.47 Å². The molecular weight excluding hydrogens is 502 g/mol. The molecule has 2 aromatic carbocycles. The van der Waals surface area contributed by atoms with Crippen molar-refractivity contribution >= 4 is 46.5 Å². The highest BCUT2D eigenvalue weighted by atomic mass is 32.2. The number of carbonyl (C=O) groups is 4. The van der Waals surface area contributed by atoms with E-state index >= 15 is 0 Å². The lowest BCUT2D eigenvalue weighted by molar-refractivity contribution is -0.127. The molecule has 1 saturated heterocycles. The van der Waals surface area contributed by atoms with E-state index in [-0.39, 0.29) is 18.1 Å². The highest BCUT2D eigenvalue weighted by Crippen LogP contribution is 2.34. The molecule has 196 valence electrons. The van der Waals surface area contributed by atoms with Crippen LogP contribution >= 0.6 is 11.8 Å². The Balaban J connectivity index is 1.54. The van der Waals surface area contributed by atoms with Crippen molar-refractivity contribution in [2.24, 2.45) is 0 Å². The van der Waals surface area contributed by atoms with Crippen LogP contribution in [0.5, 0.6) is 0 Å². The Labute approximate surface area is 225 Å². The molecule has 38 heavy (non-hydrogen) atoms. The molecule has 1 aromatic heterocycles. The average molecular weight is 532 g/mol. The lowest BCUT2D eigenvalue weighted by Crippen LogP contribution is -2.36. The van der Waals surface area contributed by atoms with Crippen molar-refractivity contribution < 1.29 is 23.9 Å².